The van der Waals surface area contributed by atoms with Crippen LogP contribution in [0.4, 0.5) is 0 Å². The van der Waals surface area contributed by atoms with Gasteiger partial charge in [0.25, 0.3) is 0 Å². The van der Waals surface area contributed by atoms with E-state index in [0.29, 0.717) is 0 Å². The zero-order valence-corrected chi connectivity index (χ0v) is 6.48. The number of hydrogen-bond acceptors (Lipinski definition) is 3. The van der Waals surface area contributed by atoms with Gasteiger partial charge in [0, 0.05) is 4.75 Å². The molecule has 0 spiro atoms. The molecule has 0 fully saturated rings. The third kappa shape index (κ3) is 2.72. The number of carbonyl (C=O) groups excluding carboxylic acids is 1. The number of rotatable bonds is 2. The lowest BCUT2D eigenvalue weighted by atomic mass is 10.0. The maximum Gasteiger partial charge on any atom is 0.235 e. The lowest BCUT2D eigenvalue weighted by molar-refractivity contribution is -0.119. The SMILES string of the molecule is CC(C)(S)[C@H](N)C(N)=O. The minimum Gasteiger partial charge on any atom is -0.368 e. The predicted molar refractivity (Wildman–Crippen MR) is 40.2 cm³/mol. The van der Waals surface area contributed by atoms with Gasteiger partial charge < -0.3 is 11.5 Å². The fourth-order valence-corrected chi connectivity index (χ4v) is 0.475. The molecule has 1 amide bonds. The first kappa shape index (κ1) is 8.78. The summed E-state index contributed by atoms with van der Waals surface area (Å²) in [4.78, 5) is 10.4. The second-order valence-corrected chi connectivity index (χ2v) is 3.69. The van der Waals surface area contributed by atoms with Crippen LogP contribution in [-0.4, -0.2) is 16.7 Å². The van der Waals surface area contributed by atoms with Gasteiger partial charge >= 0.3 is 0 Å². The molecule has 0 aromatic heterocycles. The first-order chi connectivity index (χ1) is 3.85. The monoisotopic (exact) mass is 148 g/mol. The van der Waals surface area contributed by atoms with E-state index < -0.39 is 16.7 Å². The molecule has 0 aromatic rings. The lowest BCUT2D eigenvalue weighted by Gasteiger charge is -2.22. The zero-order chi connectivity index (χ0) is 7.65. The van der Waals surface area contributed by atoms with E-state index in [9.17, 15) is 4.79 Å². The summed E-state index contributed by atoms with van der Waals surface area (Å²) in [6.07, 6.45) is 0. The summed E-state index contributed by atoms with van der Waals surface area (Å²) in [5, 5.41) is 0. The van der Waals surface area contributed by atoms with Crippen molar-refractivity contribution in [2.24, 2.45) is 11.5 Å². The van der Waals surface area contributed by atoms with E-state index in [1.54, 1.807) is 13.8 Å². The lowest BCUT2D eigenvalue weighted by Crippen LogP contribution is -2.48. The number of carbonyl (C=O) groups is 1. The molecule has 54 valence electrons. The molecule has 0 unspecified atom stereocenters. The van der Waals surface area contributed by atoms with Crippen molar-refractivity contribution in [3.05, 3.63) is 0 Å². The first-order valence-electron chi connectivity index (χ1n) is 2.63. The van der Waals surface area contributed by atoms with Crippen molar-refractivity contribution in [1.82, 2.24) is 0 Å². The van der Waals surface area contributed by atoms with Crippen molar-refractivity contribution >= 4 is 18.5 Å². The van der Waals surface area contributed by atoms with Crippen molar-refractivity contribution in [3.8, 4) is 0 Å². The van der Waals surface area contributed by atoms with Crippen LogP contribution in [0.2, 0.25) is 0 Å². The van der Waals surface area contributed by atoms with E-state index in [1.807, 2.05) is 0 Å². The Labute approximate surface area is 60.2 Å². The van der Waals surface area contributed by atoms with Crippen molar-refractivity contribution < 1.29 is 4.79 Å². The van der Waals surface area contributed by atoms with Gasteiger partial charge in [0.1, 0.15) is 0 Å². The minimum atomic E-state index is -0.680. The van der Waals surface area contributed by atoms with E-state index in [2.05, 4.69) is 12.6 Å². The number of hydrogen-bond donors (Lipinski definition) is 3. The normalized spacial score (nSPS) is 15.1. The van der Waals surface area contributed by atoms with Crippen LogP contribution < -0.4 is 11.5 Å². The molecular weight excluding hydrogens is 136 g/mol. The largest absolute Gasteiger partial charge is 0.368 e. The molecule has 1 atom stereocenters. The molecular formula is C5H12N2OS. The van der Waals surface area contributed by atoms with Crippen molar-refractivity contribution in [2.45, 2.75) is 24.6 Å². The smallest absolute Gasteiger partial charge is 0.235 e. The Morgan fingerprint density at radius 1 is 1.67 bits per heavy atom. The summed E-state index contributed by atoms with van der Waals surface area (Å²) < 4.78 is -0.522. The van der Waals surface area contributed by atoms with Crippen LogP contribution in [0.25, 0.3) is 0 Å². The average molecular weight is 148 g/mol. The van der Waals surface area contributed by atoms with Crippen molar-refractivity contribution in [3.63, 3.8) is 0 Å². The second-order valence-electron chi connectivity index (χ2n) is 2.53. The summed E-state index contributed by atoms with van der Waals surface area (Å²) in [7, 11) is 0. The maximum absolute atomic E-state index is 10.4. The van der Waals surface area contributed by atoms with E-state index in [4.69, 9.17) is 11.5 Å². The highest BCUT2D eigenvalue weighted by Crippen LogP contribution is 2.14. The molecule has 3 nitrogen and oxygen atoms in total. The predicted octanol–water partition coefficient (Wildman–Crippen LogP) is -0.493. The summed E-state index contributed by atoms with van der Waals surface area (Å²) in [6, 6.07) is -0.680. The molecule has 0 heterocycles. The Morgan fingerprint density at radius 3 is 2.00 bits per heavy atom. The van der Waals surface area contributed by atoms with Crippen LogP contribution in [0.15, 0.2) is 0 Å². The molecule has 4 N–H and O–H groups in total. The molecule has 0 saturated heterocycles. The van der Waals surface area contributed by atoms with E-state index in [0.717, 1.165) is 0 Å². The first-order valence-corrected chi connectivity index (χ1v) is 3.07. The highest BCUT2D eigenvalue weighted by molar-refractivity contribution is 7.81. The number of primary amides is 1. The summed E-state index contributed by atoms with van der Waals surface area (Å²) >= 11 is 4.06. The third-order valence-corrected chi connectivity index (χ3v) is 1.35. The molecule has 0 aromatic carbocycles. The van der Waals surface area contributed by atoms with Crippen LogP contribution >= 0.6 is 12.6 Å². The van der Waals surface area contributed by atoms with Gasteiger partial charge in [-0.15, -0.1) is 0 Å². The fourth-order valence-electron chi connectivity index (χ4n) is 0.348. The second kappa shape index (κ2) is 2.58. The molecule has 0 aliphatic rings. The molecule has 4 heteroatoms. The average Bonchev–Trinajstić information content (AvgIpc) is 1.62. The fraction of sp³-hybridized carbons (Fsp3) is 0.800. The Hall–Kier alpha value is -0.220. The Morgan fingerprint density at radius 2 is 2.00 bits per heavy atom. The van der Waals surface area contributed by atoms with E-state index in [1.165, 1.54) is 0 Å². The van der Waals surface area contributed by atoms with Gasteiger partial charge in [-0.2, -0.15) is 12.6 Å². The molecule has 0 aliphatic heterocycles. The van der Waals surface area contributed by atoms with Crippen LogP contribution in [0.1, 0.15) is 13.8 Å². The van der Waals surface area contributed by atoms with Gasteiger partial charge in [-0.05, 0) is 13.8 Å². The highest BCUT2D eigenvalue weighted by Gasteiger charge is 2.25. The summed E-state index contributed by atoms with van der Waals surface area (Å²) in [5.41, 5.74) is 10.3. The van der Waals surface area contributed by atoms with Crippen LogP contribution in [0, 0.1) is 0 Å². The highest BCUT2D eigenvalue weighted by atomic mass is 32.1. The van der Waals surface area contributed by atoms with Gasteiger partial charge in [-0.25, -0.2) is 0 Å². The molecule has 9 heavy (non-hydrogen) atoms. The number of thiol groups is 1. The van der Waals surface area contributed by atoms with Crippen molar-refractivity contribution in [2.75, 3.05) is 0 Å². The molecule has 0 saturated carbocycles. The van der Waals surface area contributed by atoms with Crippen molar-refractivity contribution in [1.29, 1.82) is 0 Å². The molecule has 0 radical (unpaired) electrons. The standard InChI is InChI=1S/C5H12N2OS/c1-5(2,9)3(6)4(7)8/h3,9H,6H2,1-2H3,(H2,7,8)/t3-/m1/s1. The van der Waals surface area contributed by atoms with Gasteiger partial charge in [0.15, 0.2) is 0 Å². The van der Waals surface area contributed by atoms with Gasteiger partial charge in [-0.3, -0.25) is 4.79 Å². The van der Waals surface area contributed by atoms with Gasteiger partial charge in [0.2, 0.25) is 5.91 Å². The van der Waals surface area contributed by atoms with Gasteiger partial charge in [-0.1, -0.05) is 0 Å². The molecule has 0 bridgehead atoms. The zero-order valence-electron chi connectivity index (χ0n) is 5.59. The quantitative estimate of drug-likeness (QED) is 0.462. The Balaban J connectivity index is 4.04. The minimum absolute atomic E-state index is 0.519. The van der Waals surface area contributed by atoms with Crippen LogP contribution in [0.3, 0.4) is 0 Å². The van der Waals surface area contributed by atoms with E-state index in [-0.39, 0.29) is 0 Å². The Bertz CT molecular complexity index is 119. The maximum atomic E-state index is 10.4. The third-order valence-electron chi connectivity index (χ3n) is 1.07. The topological polar surface area (TPSA) is 69.1 Å². The van der Waals surface area contributed by atoms with Gasteiger partial charge in [0.05, 0.1) is 6.04 Å². The van der Waals surface area contributed by atoms with E-state index >= 15 is 0 Å². The Kier molecular flexibility index (Phi) is 2.51. The summed E-state index contributed by atoms with van der Waals surface area (Å²) in [5.74, 6) is -0.519. The van der Waals surface area contributed by atoms with Crippen LogP contribution in [0.5, 0.6) is 0 Å². The molecule has 0 aliphatic carbocycles. The number of amides is 1. The molecule has 0 rings (SSSR count). The summed E-state index contributed by atoms with van der Waals surface area (Å²) in [6.45, 7) is 3.48. The number of nitrogens with two attached hydrogens (primary N) is 2. The van der Waals surface area contributed by atoms with Crippen LogP contribution in [-0.2, 0) is 4.79 Å².